The fourth-order valence-electron chi connectivity index (χ4n) is 2.27. The number of nitrogens with one attached hydrogen (secondary N) is 2. The Morgan fingerprint density at radius 3 is 2.83 bits per heavy atom. The molecule has 0 atom stereocenters. The Labute approximate surface area is 147 Å². The second-order valence-electron chi connectivity index (χ2n) is 5.23. The van der Waals surface area contributed by atoms with Crippen molar-refractivity contribution in [2.45, 2.75) is 20.8 Å². The van der Waals surface area contributed by atoms with E-state index in [1.165, 1.54) is 6.33 Å². The van der Waals surface area contributed by atoms with Crippen molar-refractivity contribution in [2.24, 2.45) is 0 Å². The lowest BCUT2D eigenvalue weighted by atomic mass is 10.2. The van der Waals surface area contributed by atoms with Crippen LogP contribution in [0.3, 0.4) is 0 Å². The van der Waals surface area contributed by atoms with Crippen LogP contribution in [-0.2, 0) is 4.74 Å². The molecule has 3 aromatic rings. The number of hydrogen-bond acceptors (Lipinski definition) is 6. The first-order valence-corrected chi connectivity index (χ1v) is 8.20. The van der Waals surface area contributed by atoms with Gasteiger partial charge in [0, 0.05) is 5.69 Å². The number of hydrogen-bond donors (Lipinski definition) is 2. The number of rotatable bonds is 4. The average Bonchev–Trinajstić information content (AvgIpc) is 2.89. The molecule has 0 bridgehead atoms. The lowest BCUT2D eigenvalue weighted by Gasteiger charge is -2.08. The molecular weight excluding hydrogens is 374 g/mol. The molecule has 0 unspecified atom stereocenters. The lowest BCUT2D eigenvalue weighted by molar-refractivity contribution is 0.0519. The summed E-state index contributed by atoms with van der Waals surface area (Å²) in [6, 6.07) is 1.99. The van der Waals surface area contributed by atoms with Crippen molar-refractivity contribution in [3.05, 3.63) is 40.0 Å². The zero-order chi connectivity index (χ0) is 17.3. The van der Waals surface area contributed by atoms with Gasteiger partial charge in [0.05, 0.1) is 28.4 Å². The van der Waals surface area contributed by atoms with E-state index in [9.17, 15) is 4.79 Å². The van der Waals surface area contributed by atoms with Crippen LogP contribution in [0.2, 0.25) is 0 Å². The standard InChI is InChI=1S/C16H16BrN5O2/c1-4-24-16(23)13-12(17)11-14(19-7-20-15(11)22-13)21-10-5-8(2)9(3)18-6-10/h5-7H,4H2,1-3H3,(H2,19,20,21,22). The Hall–Kier alpha value is -2.48. The second kappa shape index (κ2) is 6.56. The SMILES string of the molecule is CCOC(=O)c1[nH]c2ncnc(Nc3cnc(C)c(C)c3)c2c1Br. The number of pyridine rings is 1. The van der Waals surface area contributed by atoms with Gasteiger partial charge in [-0.05, 0) is 48.3 Å². The molecule has 2 N–H and O–H groups in total. The summed E-state index contributed by atoms with van der Waals surface area (Å²) in [5.41, 5.74) is 3.71. The predicted molar refractivity (Wildman–Crippen MR) is 94.5 cm³/mol. The molecule has 0 saturated heterocycles. The van der Waals surface area contributed by atoms with E-state index < -0.39 is 5.97 Å². The molecule has 0 amide bonds. The topological polar surface area (TPSA) is 92.8 Å². The summed E-state index contributed by atoms with van der Waals surface area (Å²) >= 11 is 3.45. The molecule has 0 aliphatic carbocycles. The van der Waals surface area contributed by atoms with Crippen molar-refractivity contribution >= 4 is 44.4 Å². The van der Waals surface area contributed by atoms with E-state index in [0.717, 1.165) is 16.9 Å². The molecule has 124 valence electrons. The van der Waals surface area contributed by atoms with Gasteiger partial charge in [-0.1, -0.05) is 0 Å². The van der Waals surface area contributed by atoms with Crippen LogP contribution in [0.1, 0.15) is 28.7 Å². The van der Waals surface area contributed by atoms with Crippen molar-refractivity contribution in [1.82, 2.24) is 19.9 Å². The Balaban J connectivity index is 2.05. The second-order valence-corrected chi connectivity index (χ2v) is 6.02. The van der Waals surface area contributed by atoms with Crippen LogP contribution in [0.4, 0.5) is 11.5 Å². The quantitative estimate of drug-likeness (QED) is 0.661. The van der Waals surface area contributed by atoms with Crippen LogP contribution < -0.4 is 5.32 Å². The first-order chi connectivity index (χ1) is 11.5. The van der Waals surface area contributed by atoms with Crippen LogP contribution in [0, 0.1) is 13.8 Å². The first-order valence-electron chi connectivity index (χ1n) is 7.40. The third kappa shape index (κ3) is 2.96. The van der Waals surface area contributed by atoms with E-state index >= 15 is 0 Å². The van der Waals surface area contributed by atoms with Crippen molar-refractivity contribution in [1.29, 1.82) is 0 Å². The number of carbonyl (C=O) groups excluding carboxylic acids is 1. The van der Waals surface area contributed by atoms with E-state index in [1.807, 2.05) is 19.9 Å². The zero-order valence-electron chi connectivity index (χ0n) is 13.5. The highest BCUT2D eigenvalue weighted by Gasteiger charge is 2.20. The molecule has 7 nitrogen and oxygen atoms in total. The van der Waals surface area contributed by atoms with Gasteiger partial charge in [0.25, 0.3) is 0 Å². The monoisotopic (exact) mass is 389 g/mol. The number of aromatic nitrogens is 4. The number of nitrogens with zero attached hydrogens (tertiary/aromatic N) is 3. The van der Waals surface area contributed by atoms with Crippen LogP contribution in [0.5, 0.6) is 0 Å². The van der Waals surface area contributed by atoms with Crippen LogP contribution in [-0.4, -0.2) is 32.5 Å². The number of anilines is 2. The maximum absolute atomic E-state index is 12.0. The van der Waals surface area contributed by atoms with Crippen LogP contribution in [0.15, 0.2) is 23.1 Å². The van der Waals surface area contributed by atoms with E-state index in [2.05, 4.69) is 41.2 Å². The Kier molecular flexibility index (Phi) is 4.48. The summed E-state index contributed by atoms with van der Waals surface area (Å²) in [6.07, 6.45) is 3.17. The van der Waals surface area contributed by atoms with Crippen molar-refractivity contribution < 1.29 is 9.53 Å². The highest BCUT2D eigenvalue weighted by Crippen LogP contribution is 2.33. The van der Waals surface area contributed by atoms with Crippen LogP contribution >= 0.6 is 15.9 Å². The maximum atomic E-state index is 12.0. The number of esters is 1. The summed E-state index contributed by atoms with van der Waals surface area (Å²) in [4.78, 5) is 27.8. The van der Waals surface area contributed by atoms with Gasteiger partial charge >= 0.3 is 5.97 Å². The molecule has 3 aromatic heterocycles. The van der Waals surface area contributed by atoms with E-state index in [0.29, 0.717) is 33.6 Å². The number of aromatic amines is 1. The average molecular weight is 390 g/mol. The van der Waals surface area contributed by atoms with Gasteiger partial charge in [-0.25, -0.2) is 14.8 Å². The summed E-state index contributed by atoms with van der Waals surface area (Å²) in [5, 5.41) is 3.90. The minimum absolute atomic E-state index is 0.297. The molecule has 0 aliphatic rings. The number of aryl methyl sites for hydroxylation is 2. The number of halogens is 1. The van der Waals surface area contributed by atoms with E-state index in [1.54, 1.807) is 13.1 Å². The smallest absolute Gasteiger partial charge is 0.355 e. The van der Waals surface area contributed by atoms with E-state index in [-0.39, 0.29) is 0 Å². The molecule has 0 radical (unpaired) electrons. The molecule has 0 aliphatic heterocycles. The molecule has 8 heteroatoms. The van der Waals surface area contributed by atoms with Gasteiger partial charge in [0.2, 0.25) is 0 Å². The largest absolute Gasteiger partial charge is 0.461 e. The summed E-state index contributed by atoms with van der Waals surface area (Å²) < 4.78 is 5.61. The third-order valence-corrected chi connectivity index (χ3v) is 4.40. The number of ether oxygens (including phenoxy) is 1. The molecule has 0 fully saturated rings. The normalized spacial score (nSPS) is 10.8. The minimum Gasteiger partial charge on any atom is -0.461 e. The van der Waals surface area contributed by atoms with Gasteiger partial charge in [-0.3, -0.25) is 4.98 Å². The first kappa shape index (κ1) is 16.4. The Morgan fingerprint density at radius 1 is 1.33 bits per heavy atom. The lowest BCUT2D eigenvalue weighted by Crippen LogP contribution is -2.05. The van der Waals surface area contributed by atoms with Gasteiger partial charge in [-0.2, -0.15) is 0 Å². The highest BCUT2D eigenvalue weighted by atomic mass is 79.9. The van der Waals surface area contributed by atoms with Gasteiger partial charge < -0.3 is 15.0 Å². The number of fused-ring (bicyclic) bond motifs is 1. The molecule has 3 heterocycles. The minimum atomic E-state index is -0.443. The Morgan fingerprint density at radius 2 is 2.12 bits per heavy atom. The fraction of sp³-hybridized carbons (Fsp3) is 0.250. The maximum Gasteiger partial charge on any atom is 0.355 e. The summed E-state index contributed by atoms with van der Waals surface area (Å²) in [6.45, 7) is 6.00. The van der Waals surface area contributed by atoms with E-state index in [4.69, 9.17) is 4.74 Å². The highest BCUT2D eigenvalue weighted by molar-refractivity contribution is 9.10. The van der Waals surface area contributed by atoms with Gasteiger partial charge in [0.15, 0.2) is 0 Å². The molecule has 0 aromatic carbocycles. The fourth-order valence-corrected chi connectivity index (χ4v) is 2.91. The summed E-state index contributed by atoms with van der Waals surface area (Å²) in [7, 11) is 0. The molecule has 3 rings (SSSR count). The molecule has 0 saturated carbocycles. The zero-order valence-corrected chi connectivity index (χ0v) is 15.1. The molecule has 24 heavy (non-hydrogen) atoms. The van der Waals surface area contributed by atoms with Crippen molar-refractivity contribution in [2.75, 3.05) is 11.9 Å². The third-order valence-electron chi connectivity index (χ3n) is 3.61. The summed E-state index contributed by atoms with van der Waals surface area (Å²) in [5.74, 6) is 0.130. The van der Waals surface area contributed by atoms with Gasteiger partial charge in [0.1, 0.15) is 23.5 Å². The Bertz CT molecular complexity index is 922. The van der Waals surface area contributed by atoms with Gasteiger partial charge in [-0.15, -0.1) is 0 Å². The van der Waals surface area contributed by atoms with Crippen molar-refractivity contribution in [3.63, 3.8) is 0 Å². The predicted octanol–water partition coefficient (Wildman–Crippen LogP) is 3.65. The van der Waals surface area contributed by atoms with Crippen molar-refractivity contribution in [3.8, 4) is 0 Å². The van der Waals surface area contributed by atoms with Crippen LogP contribution in [0.25, 0.3) is 11.0 Å². The number of carbonyl (C=O) groups is 1. The molecular formula is C16H16BrN5O2. The molecule has 0 spiro atoms. The number of H-pyrrole nitrogens is 1.